The zero-order chi connectivity index (χ0) is 19.5. The summed E-state index contributed by atoms with van der Waals surface area (Å²) >= 11 is 0. The molecule has 2 heterocycles. The molecule has 0 radical (unpaired) electrons. The van der Waals surface area contributed by atoms with Gasteiger partial charge in [-0.3, -0.25) is 9.78 Å². The fourth-order valence-electron chi connectivity index (χ4n) is 3.63. The van der Waals surface area contributed by atoms with Crippen molar-refractivity contribution >= 4 is 16.8 Å². The molecule has 1 saturated heterocycles. The Kier molecular flexibility index (Phi) is 5.24. The van der Waals surface area contributed by atoms with Gasteiger partial charge in [0.2, 0.25) is 5.91 Å². The van der Waals surface area contributed by atoms with Crippen LogP contribution in [-0.4, -0.2) is 35.0 Å². The summed E-state index contributed by atoms with van der Waals surface area (Å²) in [7, 11) is 0. The highest BCUT2D eigenvalue weighted by Gasteiger charge is 2.23. The fraction of sp³-hybridized carbons (Fsp3) is 0.304. The average Bonchev–Trinajstić information content (AvgIpc) is 2.74. The van der Waals surface area contributed by atoms with E-state index in [0.29, 0.717) is 19.5 Å². The van der Waals surface area contributed by atoms with Gasteiger partial charge in [-0.05, 0) is 29.8 Å². The molecule has 144 valence electrons. The monoisotopic (exact) mass is 378 g/mol. The standard InChI is InChI=1S/C23H23FN2O2/c1-2-23(27)26-11-9-19(10-12-26)28-22-8-7-16(14-20(22)24)18-13-17-5-3-4-6-21(17)25-15-18/h3-8,13-15,19H,2,9-12H2,1H3. The van der Waals surface area contributed by atoms with Crippen LogP contribution in [0.2, 0.25) is 0 Å². The number of rotatable bonds is 4. The van der Waals surface area contributed by atoms with E-state index < -0.39 is 0 Å². The van der Waals surface area contributed by atoms with Gasteiger partial charge in [-0.1, -0.05) is 31.2 Å². The summed E-state index contributed by atoms with van der Waals surface area (Å²) in [4.78, 5) is 18.1. The van der Waals surface area contributed by atoms with Gasteiger partial charge in [-0.2, -0.15) is 0 Å². The van der Waals surface area contributed by atoms with Gasteiger partial charge < -0.3 is 9.64 Å². The van der Waals surface area contributed by atoms with Crippen LogP contribution in [0.25, 0.3) is 22.0 Å². The molecule has 5 heteroatoms. The second kappa shape index (κ2) is 7.97. The minimum Gasteiger partial charge on any atom is -0.487 e. The van der Waals surface area contributed by atoms with Crippen LogP contribution in [0.15, 0.2) is 54.7 Å². The molecule has 0 N–H and O–H groups in total. The number of ether oxygens (including phenoxy) is 1. The minimum atomic E-state index is -0.377. The van der Waals surface area contributed by atoms with Crippen molar-refractivity contribution in [1.82, 2.24) is 9.88 Å². The number of likely N-dealkylation sites (tertiary alicyclic amines) is 1. The maximum Gasteiger partial charge on any atom is 0.222 e. The Morgan fingerprint density at radius 3 is 2.68 bits per heavy atom. The van der Waals surface area contributed by atoms with Crippen molar-refractivity contribution < 1.29 is 13.9 Å². The van der Waals surface area contributed by atoms with Gasteiger partial charge in [0.1, 0.15) is 6.10 Å². The van der Waals surface area contributed by atoms with Crippen LogP contribution in [0.1, 0.15) is 26.2 Å². The van der Waals surface area contributed by atoms with Crippen molar-refractivity contribution in [3.63, 3.8) is 0 Å². The highest BCUT2D eigenvalue weighted by Crippen LogP contribution is 2.29. The number of halogens is 1. The predicted molar refractivity (Wildman–Crippen MR) is 108 cm³/mol. The number of hydrogen-bond donors (Lipinski definition) is 0. The normalized spacial score (nSPS) is 15.0. The van der Waals surface area contributed by atoms with Crippen LogP contribution in [0.4, 0.5) is 4.39 Å². The lowest BCUT2D eigenvalue weighted by atomic mass is 10.0. The highest BCUT2D eigenvalue weighted by molar-refractivity contribution is 5.83. The zero-order valence-corrected chi connectivity index (χ0v) is 15.9. The van der Waals surface area contributed by atoms with Crippen LogP contribution in [0.3, 0.4) is 0 Å². The molecule has 1 aliphatic rings. The average molecular weight is 378 g/mol. The number of fused-ring (bicyclic) bond motifs is 1. The molecule has 1 fully saturated rings. The van der Waals surface area contributed by atoms with Crippen molar-refractivity contribution in [2.45, 2.75) is 32.3 Å². The van der Waals surface area contributed by atoms with Gasteiger partial charge >= 0.3 is 0 Å². The van der Waals surface area contributed by atoms with E-state index in [1.165, 1.54) is 6.07 Å². The minimum absolute atomic E-state index is 0.0661. The number of pyridine rings is 1. The second-order valence-electron chi connectivity index (χ2n) is 7.11. The van der Waals surface area contributed by atoms with E-state index in [2.05, 4.69) is 4.98 Å². The molecule has 1 amide bonds. The third-order valence-corrected chi connectivity index (χ3v) is 5.25. The van der Waals surface area contributed by atoms with E-state index in [1.54, 1.807) is 12.3 Å². The van der Waals surface area contributed by atoms with Crippen LogP contribution in [0, 0.1) is 5.82 Å². The van der Waals surface area contributed by atoms with Gasteiger partial charge in [0.15, 0.2) is 11.6 Å². The second-order valence-corrected chi connectivity index (χ2v) is 7.11. The first kappa shape index (κ1) is 18.4. The number of aromatic nitrogens is 1. The maximum absolute atomic E-state index is 14.7. The van der Waals surface area contributed by atoms with E-state index in [9.17, 15) is 9.18 Å². The predicted octanol–water partition coefficient (Wildman–Crippen LogP) is 4.82. The lowest BCUT2D eigenvalue weighted by Gasteiger charge is -2.32. The van der Waals surface area contributed by atoms with Crippen LogP contribution in [-0.2, 0) is 4.79 Å². The number of carbonyl (C=O) groups is 1. The Balaban J connectivity index is 1.46. The molecule has 1 aromatic heterocycles. The van der Waals surface area contributed by atoms with Crippen LogP contribution < -0.4 is 4.74 Å². The molecule has 4 nitrogen and oxygen atoms in total. The number of benzene rings is 2. The molecule has 1 aliphatic heterocycles. The molecule has 0 saturated carbocycles. The van der Waals surface area contributed by atoms with Crippen LogP contribution >= 0.6 is 0 Å². The number of carbonyl (C=O) groups excluding carboxylic acids is 1. The molecule has 4 rings (SSSR count). The van der Waals surface area contributed by atoms with E-state index in [-0.39, 0.29) is 23.6 Å². The molecule has 2 aromatic carbocycles. The summed E-state index contributed by atoms with van der Waals surface area (Å²) in [5.74, 6) is 0.0495. The molecule has 0 aliphatic carbocycles. The molecule has 28 heavy (non-hydrogen) atoms. The quantitative estimate of drug-likeness (QED) is 0.654. The Labute approximate surface area is 164 Å². The van der Waals surface area contributed by atoms with Gasteiger partial charge in [0, 0.05) is 49.5 Å². The highest BCUT2D eigenvalue weighted by atomic mass is 19.1. The first-order valence-electron chi connectivity index (χ1n) is 9.73. The number of nitrogens with zero attached hydrogens (tertiary/aromatic N) is 2. The van der Waals surface area contributed by atoms with Crippen molar-refractivity contribution in [2.75, 3.05) is 13.1 Å². The van der Waals surface area contributed by atoms with Gasteiger partial charge in [0.25, 0.3) is 0 Å². The third kappa shape index (κ3) is 3.84. The lowest BCUT2D eigenvalue weighted by molar-refractivity contribution is -0.132. The first-order chi connectivity index (χ1) is 13.6. The Bertz CT molecular complexity index is 997. The SMILES string of the molecule is CCC(=O)N1CCC(Oc2ccc(-c3cnc4ccccc4c3)cc2F)CC1. The summed E-state index contributed by atoms with van der Waals surface area (Å²) in [6, 6.07) is 14.9. The van der Waals surface area contributed by atoms with E-state index in [4.69, 9.17) is 4.74 Å². The molecule has 0 spiro atoms. The molecule has 0 unspecified atom stereocenters. The first-order valence-corrected chi connectivity index (χ1v) is 9.73. The van der Waals surface area contributed by atoms with Gasteiger partial charge in [-0.25, -0.2) is 4.39 Å². The Hall–Kier alpha value is -2.95. The topological polar surface area (TPSA) is 42.4 Å². The van der Waals surface area contributed by atoms with Crippen molar-refractivity contribution in [2.24, 2.45) is 0 Å². The lowest BCUT2D eigenvalue weighted by Crippen LogP contribution is -2.41. The number of piperidine rings is 1. The smallest absolute Gasteiger partial charge is 0.222 e. The van der Waals surface area contributed by atoms with Crippen molar-refractivity contribution in [3.05, 3.63) is 60.5 Å². The fourth-order valence-corrected chi connectivity index (χ4v) is 3.63. The van der Waals surface area contributed by atoms with Crippen molar-refractivity contribution in [1.29, 1.82) is 0 Å². The molecule has 0 atom stereocenters. The van der Waals surface area contributed by atoms with E-state index >= 15 is 0 Å². The Morgan fingerprint density at radius 1 is 1.14 bits per heavy atom. The molecule has 3 aromatic rings. The molecule has 0 bridgehead atoms. The summed E-state index contributed by atoms with van der Waals surface area (Å²) in [6.45, 7) is 3.20. The third-order valence-electron chi connectivity index (χ3n) is 5.25. The number of hydrogen-bond acceptors (Lipinski definition) is 3. The molecular weight excluding hydrogens is 355 g/mol. The summed E-state index contributed by atoms with van der Waals surface area (Å²) in [5, 5.41) is 1.02. The summed E-state index contributed by atoms with van der Waals surface area (Å²) in [6.07, 6.45) is 3.66. The van der Waals surface area contributed by atoms with Crippen LogP contribution in [0.5, 0.6) is 5.75 Å². The summed E-state index contributed by atoms with van der Waals surface area (Å²) < 4.78 is 20.5. The van der Waals surface area contributed by atoms with E-state index in [0.717, 1.165) is 34.9 Å². The van der Waals surface area contributed by atoms with Gasteiger partial charge in [0.05, 0.1) is 5.52 Å². The maximum atomic E-state index is 14.7. The van der Waals surface area contributed by atoms with Gasteiger partial charge in [-0.15, -0.1) is 0 Å². The largest absolute Gasteiger partial charge is 0.487 e. The number of para-hydroxylation sites is 1. The zero-order valence-electron chi connectivity index (χ0n) is 15.9. The Morgan fingerprint density at radius 2 is 1.93 bits per heavy atom. The summed E-state index contributed by atoms with van der Waals surface area (Å²) in [5.41, 5.74) is 2.56. The number of amides is 1. The molecular formula is C23H23FN2O2. The van der Waals surface area contributed by atoms with E-state index in [1.807, 2.05) is 48.2 Å². The van der Waals surface area contributed by atoms with Crippen molar-refractivity contribution in [3.8, 4) is 16.9 Å².